The van der Waals surface area contributed by atoms with Gasteiger partial charge in [-0.15, -0.1) is 0 Å². The Kier molecular flexibility index (Phi) is 6.96. The molecule has 0 aliphatic carbocycles. The molecule has 0 radical (unpaired) electrons. The molecule has 0 rings (SSSR count). The van der Waals surface area contributed by atoms with Gasteiger partial charge in [0.25, 0.3) is 0 Å². The van der Waals surface area contributed by atoms with Gasteiger partial charge in [-0.25, -0.2) is 0 Å². The van der Waals surface area contributed by atoms with Crippen LogP contribution < -0.4 is 0 Å². The lowest BCUT2D eigenvalue weighted by Crippen LogP contribution is -2.14. The van der Waals surface area contributed by atoms with Crippen molar-refractivity contribution in [2.45, 2.75) is 73.6 Å². The maximum atomic E-state index is 2.46. The third kappa shape index (κ3) is 6.02. The van der Waals surface area contributed by atoms with E-state index < -0.39 is 0 Å². The molecule has 1 atom stereocenters. The van der Waals surface area contributed by atoms with Crippen LogP contribution in [0.25, 0.3) is 0 Å². The van der Waals surface area contributed by atoms with Gasteiger partial charge in [0, 0.05) is 0 Å². The minimum atomic E-state index is 0.475. The van der Waals surface area contributed by atoms with E-state index in [2.05, 4.69) is 47.6 Å². The summed E-state index contributed by atoms with van der Waals surface area (Å²) in [6.45, 7) is 14.0. The highest BCUT2D eigenvalue weighted by Crippen LogP contribution is 2.33. The molecule has 15 heavy (non-hydrogen) atoms. The molecule has 0 amide bonds. The Morgan fingerprint density at radius 3 is 2.20 bits per heavy atom. The summed E-state index contributed by atoms with van der Waals surface area (Å²) in [5.41, 5.74) is 2.16. The van der Waals surface area contributed by atoms with Gasteiger partial charge >= 0.3 is 0 Å². The Bertz CT molecular complexity index is 186. The predicted octanol–water partition coefficient (Wildman–Crippen LogP) is 5.59. The Morgan fingerprint density at radius 2 is 1.80 bits per heavy atom. The van der Waals surface area contributed by atoms with Crippen molar-refractivity contribution in [3.8, 4) is 0 Å². The molecule has 0 spiro atoms. The SMILES string of the molecule is CC/C=C(/CC(C)(C)CC)C(C)CCC. The summed E-state index contributed by atoms with van der Waals surface area (Å²) in [7, 11) is 0. The fourth-order valence-corrected chi connectivity index (χ4v) is 2.01. The minimum absolute atomic E-state index is 0.475. The second kappa shape index (κ2) is 7.09. The van der Waals surface area contributed by atoms with E-state index in [1.807, 2.05) is 0 Å². The number of hydrogen-bond acceptors (Lipinski definition) is 0. The van der Waals surface area contributed by atoms with Gasteiger partial charge in [0.1, 0.15) is 0 Å². The summed E-state index contributed by atoms with van der Waals surface area (Å²) in [6.07, 6.45) is 8.83. The van der Waals surface area contributed by atoms with Crippen molar-refractivity contribution in [2.75, 3.05) is 0 Å². The second-order valence-electron chi connectivity index (χ2n) is 5.57. The van der Waals surface area contributed by atoms with Crippen molar-refractivity contribution < 1.29 is 0 Å². The van der Waals surface area contributed by atoms with E-state index in [0.29, 0.717) is 5.41 Å². The van der Waals surface area contributed by atoms with Crippen molar-refractivity contribution >= 4 is 0 Å². The van der Waals surface area contributed by atoms with Crippen LogP contribution in [0, 0.1) is 11.3 Å². The molecular formula is C15H30. The Balaban J connectivity index is 4.48. The molecule has 0 aromatic heterocycles. The van der Waals surface area contributed by atoms with Crippen molar-refractivity contribution in [1.82, 2.24) is 0 Å². The first-order valence-corrected chi connectivity index (χ1v) is 6.65. The number of allylic oxidation sites excluding steroid dienone is 2. The highest BCUT2D eigenvalue weighted by Gasteiger charge is 2.19. The lowest BCUT2D eigenvalue weighted by Gasteiger charge is -2.27. The Hall–Kier alpha value is -0.260. The molecule has 0 heteroatoms. The Morgan fingerprint density at radius 1 is 1.20 bits per heavy atom. The van der Waals surface area contributed by atoms with Crippen LogP contribution in [0.1, 0.15) is 73.6 Å². The van der Waals surface area contributed by atoms with E-state index in [1.165, 1.54) is 32.1 Å². The van der Waals surface area contributed by atoms with Gasteiger partial charge in [-0.05, 0) is 30.6 Å². The van der Waals surface area contributed by atoms with Crippen LogP contribution in [0.5, 0.6) is 0 Å². The fraction of sp³-hybridized carbons (Fsp3) is 0.867. The Labute approximate surface area is 97.2 Å². The highest BCUT2D eigenvalue weighted by atomic mass is 14.2. The van der Waals surface area contributed by atoms with Crippen LogP contribution in [0.2, 0.25) is 0 Å². The molecule has 0 aliphatic rings. The lowest BCUT2D eigenvalue weighted by atomic mass is 9.78. The van der Waals surface area contributed by atoms with Crippen LogP contribution >= 0.6 is 0 Å². The molecule has 0 aliphatic heterocycles. The van der Waals surface area contributed by atoms with Gasteiger partial charge in [0.05, 0.1) is 0 Å². The molecule has 90 valence electrons. The maximum absolute atomic E-state index is 2.46. The van der Waals surface area contributed by atoms with E-state index in [0.717, 1.165) is 5.92 Å². The summed E-state index contributed by atoms with van der Waals surface area (Å²) < 4.78 is 0. The lowest BCUT2D eigenvalue weighted by molar-refractivity contribution is 0.332. The van der Waals surface area contributed by atoms with Crippen molar-refractivity contribution in [3.63, 3.8) is 0 Å². The first-order chi connectivity index (χ1) is 6.96. The minimum Gasteiger partial charge on any atom is -0.0853 e. The molecule has 0 fully saturated rings. The van der Waals surface area contributed by atoms with E-state index in [4.69, 9.17) is 0 Å². The zero-order chi connectivity index (χ0) is 11.9. The standard InChI is InChI=1S/C15H30/c1-7-10-13(4)14(11-8-2)12-15(5,6)9-3/h11,13H,7-10,12H2,1-6H3/b14-11-. The normalized spacial score (nSPS) is 15.5. The molecular weight excluding hydrogens is 180 g/mol. The predicted molar refractivity (Wildman–Crippen MR) is 71.1 cm³/mol. The topological polar surface area (TPSA) is 0 Å². The van der Waals surface area contributed by atoms with Gasteiger partial charge in [-0.1, -0.05) is 66.0 Å². The average Bonchev–Trinajstić information content (AvgIpc) is 2.17. The number of hydrogen-bond donors (Lipinski definition) is 0. The number of rotatable bonds is 7. The van der Waals surface area contributed by atoms with E-state index in [1.54, 1.807) is 5.57 Å². The second-order valence-corrected chi connectivity index (χ2v) is 5.57. The molecule has 0 aromatic rings. The molecule has 0 saturated heterocycles. The summed E-state index contributed by atoms with van der Waals surface area (Å²) in [4.78, 5) is 0. The van der Waals surface area contributed by atoms with Gasteiger partial charge < -0.3 is 0 Å². The van der Waals surface area contributed by atoms with E-state index in [-0.39, 0.29) is 0 Å². The first-order valence-electron chi connectivity index (χ1n) is 6.65. The van der Waals surface area contributed by atoms with E-state index in [9.17, 15) is 0 Å². The average molecular weight is 210 g/mol. The first kappa shape index (κ1) is 14.7. The van der Waals surface area contributed by atoms with E-state index >= 15 is 0 Å². The van der Waals surface area contributed by atoms with Crippen LogP contribution in [-0.2, 0) is 0 Å². The molecule has 0 saturated carbocycles. The highest BCUT2D eigenvalue weighted by molar-refractivity contribution is 5.08. The van der Waals surface area contributed by atoms with Crippen molar-refractivity contribution in [3.05, 3.63) is 11.6 Å². The third-order valence-electron chi connectivity index (χ3n) is 3.46. The molecule has 1 unspecified atom stereocenters. The zero-order valence-corrected chi connectivity index (χ0v) is 11.7. The molecule has 0 N–H and O–H groups in total. The monoisotopic (exact) mass is 210 g/mol. The third-order valence-corrected chi connectivity index (χ3v) is 3.46. The van der Waals surface area contributed by atoms with Gasteiger partial charge in [-0.2, -0.15) is 0 Å². The summed E-state index contributed by atoms with van der Waals surface area (Å²) in [5.74, 6) is 0.778. The fourth-order valence-electron chi connectivity index (χ4n) is 2.01. The maximum Gasteiger partial charge on any atom is -0.0232 e. The summed E-state index contributed by atoms with van der Waals surface area (Å²) in [6, 6.07) is 0. The molecule has 0 aromatic carbocycles. The van der Waals surface area contributed by atoms with Crippen LogP contribution in [-0.4, -0.2) is 0 Å². The molecule has 0 bridgehead atoms. The van der Waals surface area contributed by atoms with Crippen LogP contribution in [0.15, 0.2) is 11.6 Å². The quantitative estimate of drug-likeness (QED) is 0.481. The van der Waals surface area contributed by atoms with Gasteiger partial charge in [0.2, 0.25) is 0 Å². The van der Waals surface area contributed by atoms with Crippen molar-refractivity contribution in [1.29, 1.82) is 0 Å². The van der Waals surface area contributed by atoms with Crippen molar-refractivity contribution in [2.24, 2.45) is 11.3 Å². The smallest absolute Gasteiger partial charge is 0.0232 e. The van der Waals surface area contributed by atoms with Gasteiger partial charge in [-0.3, -0.25) is 0 Å². The van der Waals surface area contributed by atoms with Gasteiger partial charge in [0.15, 0.2) is 0 Å². The molecule has 0 heterocycles. The summed E-state index contributed by atoms with van der Waals surface area (Å²) >= 11 is 0. The summed E-state index contributed by atoms with van der Waals surface area (Å²) in [5, 5.41) is 0. The zero-order valence-electron chi connectivity index (χ0n) is 11.7. The van der Waals surface area contributed by atoms with Crippen LogP contribution in [0.3, 0.4) is 0 Å². The largest absolute Gasteiger partial charge is 0.0853 e. The molecule has 0 nitrogen and oxygen atoms in total. The van der Waals surface area contributed by atoms with Crippen LogP contribution in [0.4, 0.5) is 0 Å².